The number of nitroso groups, excluding NO2 is 1. The monoisotopic (exact) mass is 325 g/mol. The van der Waals surface area contributed by atoms with E-state index in [-0.39, 0.29) is 11.4 Å². The molecule has 3 unspecified atom stereocenters. The third kappa shape index (κ3) is 4.56. The minimum atomic E-state index is -0.491. The molecule has 1 fully saturated rings. The van der Waals surface area contributed by atoms with E-state index in [2.05, 4.69) is 47.5 Å². The molecule has 0 radical (unpaired) electrons. The predicted octanol–water partition coefficient (Wildman–Crippen LogP) is 3.55. The molecule has 22 heavy (non-hydrogen) atoms. The highest BCUT2D eigenvalue weighted by Gasteiger charge is 2.35. The fourth-order valence-corrected chi connectivity index (χ4v) is 3.89. The van der Waals surface area contributed by atoms with Crippen LogP contribution in [-0.4, -0.2) is 24.1 Å². The largest absolute Gasteiger partial charge is 0.294 e. The first-order chi connectivity index (χ1) is 10.4. The van der Waals surface area contributed by atoms with Crippen molar-refractivity contribution in [1.82, 2.24) is 10.6 Å². The summed E-state index contributed by atoms with van der Waals surface area (Å²) < 4.78 is 0. The topological polar surface area (TPSA) is 53.5 Å². The summed E-state index contributed by atoms with van der Waals surface area (Å²) in [5.41, 5.74) is -0.474. The van der Waals surface area contributed by atoms with Gasteiger partial charge in [0.05, 0.1) is 5.54 Å². The van der Waals surface area contributed by atoms with Crippen molar-refractivity contribution >= 4 is 12.6 Å². The maximum absolute atomic E-state index is 10.8. The second-order valence-corrected chi connectivity index (χ2v) is 8.05. The Morgan fingerprint density at radius 3 is 2.86 bits per heavy atom. The molecule has 2 aliphatic rings. The molecule has 5 heteroatoms. The Kier molecular flexibility index (Phi) is 6.47. The summed E-state index contributed by atoms with van der Waals surface area (Å²) in [5, 5.41) is 10.1. The maximum atomic E-state index is 10.8. The fourth-order valence-electron chi connectivity index (χ4n) is 3.65. The minimum Gasteiger partial charge on any atom is -0.294 e. The average Bonchev–Trinajstić information content (AvgIpc) is 3.08. The molecular weight excluding hydrogens is 294 g/mol. The molecule has 0 spiro atoms. The normalized spacial score (nSPS) is 30.3. The smallest absolute Gasteiger partial charge is 0.103 e. The van der Waals surface area contributed by atoms with Crippen LogP contribution in [0.5, 0.6) is 0 Å². The SMILES string of the molecule is C[C@@H](CCN[C@H](S)NCC1CCC2CC=CC21)C(C)(C)N=O. The van der Waals surface area contributed by atoms with Crippen LogP contribution in [0.2, 0.25) is 0 Å². The lowest BCUT2D eigenvalue weighted by Gasteiger charge is -2.25. The van der Waals surface area contributed by atoms with E-state index in [0.29, 0.717) is 0 Å². The van der Waals surface area contributed by atoms with Gasteiger partial charge in [0.25, 0.3) is 0 Å². The quantitative estimate of drug-likeness (QED) is 0.263. The van der Waals surface area contributed by atoms with Crippen molar-refractivity contribution in [2.24, 2.45) is 28.8 Å². The van der Waals surface area contributed by atoms with Gasteiger partial charge in [-0.25, -0.2) is 0 Å². The Labute approximate surface area is 140 Å². The van der Waals surface area contributed by atoms with Gasteiger partial charge in [0.1, 0.15) is 5.50 Å². The van der Waals surface area contributed by atoms with Gasteiger partial charge in [-0.3, -0.25) is 10.6 Å². The van der Waals surface area contributed by atoms with Crippen molar-refractivity contribution in [1.29, 1.82) is 0 Å². The number of allylic oxidation sites excluding steroid dienone is 2. The summed E-state index contributed by atoms with van der Waals surface area (Å²) >= 11 is 4.57. The fraction of sp³-hybridized carbons (Fsp3) is 0.882. The van der Waals surface area contributed by atoms with E-state index in [1.54, 1.807) is 0 Å². The first kappa shape index (κ1) is 18.0. The first-order valence-corrected chi connectivity index (χ1v) is 9.11. The van der Waals surface area contributed by atoms with Crippen LogP contribution in [0.15, 0.2) is 17.3 Å². The molecule has 2 N–H and O–H groups in total. The number of hydrogen-bond acceptors (Lipinski definition) is 5. The third-order valence-corrected chi connectivity index (χ3v) is 6.09. The highest BCUT2D eigenvalue weighted by atomic mass is 32.1. The van der Waals surface area contributed by atoms with E-state index in [4.69, 9.17) is 0 Å². The predicted molar refractivity (Wildman–Crippen MR) is 95.9 cm³/mol. The third-order valence-electron chi connectivity index (χ3n) is 5.72. The summed E-state index contributed by atoms with van der Waals surface area (Å²) in [5.74, 6) is 2.71. The van der Waals surface area contributed by atoms with Crippen molar-refractivity contribution in [2.45, 2.75) is 57.5 Å². The molecule has 0 aliphatic heterocycles. The van der Waals surface area contributed by atoms with Gasteiger partial charge < -0.3 is 0 Å². The van der Waals surface area contributed by atoms with Gasteiger partial charge >= 0.3 is 0 Å². The average molecular weight is 326 g/mol. The zero-order chi connectivity index (χ0) is 16.2. The second kappa shape index (κ2) is 7.93. The van der Waals surface area contributed by atoms with Crippen molar-refractivity contribution < 1.29 is 0 Å². The van der Waals surface area contributed by atoms with Gasteiger partial charge in [-0.15, -0.1) is 12.6 Å². The van der Waals surface area contributed by atoms with Crippen LogP contribution in [0.3, 0.4) is 0 Å². The molecule has 0 aromatic rings. The highest BCUT2D eigenvalue weighted by molar-refractivity contribution is 7.80. The molecule has 126 valence electrons. The summed E-state index contributed by atoms with van der Waals surface area (Å²) in [4.78, 5) is 10.8. The summed E-state index contributed by atoms with van der Waals surface area (Å²) in [6.07, 6.45) is 9.68. The van der Waals surface area contributed by atoms with Crippen molar-refractivity contribution in [3.05, 3.63) is 17.1 Å². The number of fused-ring (bicyclic) bond motifs is 1. The van der Waals surface area contributed by atoms with Gasteiger partial charge in [-0.1, -0.05) is 24.3 Å². The van der Waals surface area contributed by atoms with Gasteiger partial charge in [0.15, 0.2) is 0 Å². The van der Waals surface area contributed by atoms with Crippen LogP contribution in [0.25, 0.3) is 0 Å². The standard InChI is InChI=1S/C17H31N3OS/c1-12(17(2,3)20-21)9-10-18-16(22)19-11-14-8-7-13-5-4-6-15(13)14/h4,6,12-16,18-19,22H,5,7-11H2,1-3H3/t12-,13?,14?,15?,16-/m0/s1. The lowest BCUT2D eigenvalue weighted by atomic mass is 9.87. The molecule has 5 atom stereocenters. The lowest BCUT2D eigenvalue weighted by Crippen LogP contribution is -2.42. The van der Waals surface area contributed by atoms with E-state index >= 15 is 0 Å². The zero-order valence-electron chi connectivity index (χ0n) is 14.1. The summed E-state index contributed by atoms with van der Waals surface area (Å²) in [7, 11) is 0. The van der Waals surface area contributed by atoms with E-state index in [1.165, 1.54) is 19.3 Å². The first-order valence-electron chi connectivity index (χ1n) is 8.60. The van der Waals surface area contributed by atoms with E-state index in [9.17, 15) is 4.91 Å². The molecule has 0 amide bonds. The number of thiol groups is 1. The number of nitrogens with one attached hydrogen (secondary N) is 2. The van der Waals surface area contributed by atoms with Gasteiger partial charge in [-0.05, 0) is 69.7 Å². The van der Waals surface area contributed by atoms with Crippen molar-refractivity contribution in [3.8, 4) is 0 Å². The van der Waals surface area contributed by atoms with Gasteiger partial charge in [-0.2, -0.15) is 4.91 Å². The molecule has 0 bridgehead atoms. The van der Waals surface area contributed by atoms with E-state index in [0.717, 1.165) is 37.3 Å². The van der Waals surface area contributed by atoms with E-state index < -0.39 is 5.54 Å². The Hall–Kier alpha value is -0.390. The summed E-state index contributed by atoms with van der Waals surface area (Å²) in [6, 6.07) is 0. The Morgan fingerprint density at radius 2 is 2.14 bits per heavy atom. The van der Waals surface area contributed by atoms with Gasteiger partial charge in [0.2, 0.25) is 0 Å². The van der Waals surface area contributed by atoms with Crippen LogP contribution in [-0.2, 0) is 0 Å². The molecule has 0 aromatic carbocycles. The van der Waals surface area contributed by atoms with Crippen LogP contribution >= 0.6 is 12.6 Å². The van der Waals surface area contributed by atoms with Crippen LogP contribution in [0.1, 0.15) is 46.5 Å². The maximum Gasteiger partial charge on any atom is 0.103 e. The van der Waals surface area contributed by atoms with E-state index in [1.807, 2.05) is 13.8 Å². The van der Waals surface area contributed by atoms with Crippen LogP contribution < -0.4 is 10.6 Å². The highest BCUT2D eigenvalue weighted by Crippen LogP contribution is 2.43. The molecule has 0 heterocycles. The second-order valence-electron chi connectivity index (χ2n) is 7.54. The minimum absolute atomic E-state index is 0.0175. The summed E-state index contributed by atoms with van der Waals surface area (Å²) in [6.45, 7) is 7.75. The Bertz CT molecular complexity index is 399. The lowest BCUT2D eigenvalue weighted by molar-refractivity contribution is 0.316. The molecular formula is C17H31N3OS. The molecule has 1 saturated carbocycles. The molecule has 2 rings (SSSR count). The molecule has 2 aliphatic carbocycles. The van der Waals surface area contributed by atoms with Crippen molar-refractivity contribution in [3.63, 3.8) is 0 Å². The number of nitrogens with zero attached hydrogens (tertiary/aromatic N) is 1. The number of hydrogen-bond donors (Lipinski definition) is 3. The number of rotatable bonds is 9. The van der Waals surface area contributed by atoms with Crippen LogP contribution in [0.4, 0.5) is 0 Å². The molecule has 0 aromatic heterocycles. The zero-order valence-corrected chi connectivity index (χ0v) is 15.0. The van der Waals surface area contributed by atoms with Crippen LogP contribution in [0, 0.1) is 28.6 Å². The molecule has 0 saturated heterocycles. The Balaban J connectivity index is 1.61. The molecule has 4 nitrogen and oxygen atoms in total. The Morgan fingerprint density at radius 1 is 1.36 bits per heavy atom. The van der Waals surface area contributed by atoms with Crippen molar-refractivity contribution in [2.75, 3.05) is 13.1 Å². The van der Waals surface area contributed by atoms with Gasteiger partial charge in [0, 0.05) is 6.54 Å².